The van der Waals surface area contributed by atoms with Gasteiger partial charge in [-0.1, -0.05) is 47.0 Å². The lowest BCUT2D eigenvalue weighted by Crippen LogP contribution is -2.35. The van der Waals surface area contributed by atoms with Crippen molar-refractivity contribution in [1.29, 1.82) is 0 Å². The van der Waals surface area contributed by atoms with E-state index in [9.17, 15) is 13.2 Å². The Balaban J connectivity index is 2.20. The fraction of sp³-hybridized carbons (Fsp3) is 0.278. The fourth-order valence-corrected chi connectivity index (χ4v) is 4.55. The highest BCUT2D eigenvalue weighted by atomic mass is 35.5. The number of nitrogens with one attached hydrogen (secondary N) is 1. The molecule has 0 atom stereocenters. The highest BCUT2D eigenvalue weighted by Crippen LogP contribution is 2.30. The van der Waals surface area contributed by atoms with Gasteiger partial charge < -0.3 is 5.32 Å². The van der Waals surface area contributed by atoms with E-state index in [1.54, 1.807) is 0 Å². The molecule has 0 aliphatic heterocycles. The first kappa shape index (κ1) is 20.7. The van der Waals surface area contributed by atoms with Crippen LogP contribution < -0.4 is 5.32 Å². The third kappa shape index (κ3) is 4.38. The number of amides is 1. The molecule has 140 valence electrons. The number of anilines is 1. The lowest BCUT2D eigenvalue weighted by atomic mass is 10.1. The molecule has 2 aromatic carbocycles. The Bertz CT molecular complexity index is 936. The van der Waals surface area contributed by atoms with Gasteiger partial charge in [-0.3, -0.25) is 4.79 Å². The third-order valence-corrected chi connectivity index (χ3v) is 6.69. The highest BCUT2D eigenvalue weighted by molar-refractivity contribution is 7.89. The molecule has 26 heavy (non-hydrogen) atoms. The zero-order valence-corrected chi connectivity index (χ0v) is 17.3. The number of aryl methyl sites for hydroxylation is 3. The number of carbonyl (C=O) groups excluding carboxylic acids is 1. The van der Waals surface area contributed by atoms with Crippen LogP contribution in [0.25, 0.3) is 0 Å². The first-order chi connectivity index (χ1) is 12.0. The molecule has 8 heteroatoms. The minimum Gasteiger partial charge on any atom is -0.324 e. The van der Waals surface area contributed by atoms with Crippen LogP contribution in [0.2, 0.25) is 10.0 Å². The monoisotopic (exact) mass is 414 g/mol. The van der Waals surface area contributed by atoms with Crippen molar-refractivity contribution in [2.75, 3.05) is 18.9 Å². The predicted molar refractivity (Wildman–Crippen MR) is 106 cm³/mol. The summed E-state index contributed by atoms with van der Waals surface area (Å²) in [6.45, 7) is 5.41. The van der Waals surface area contributed by atoms with Gasteiger partial charge in [-0.05, 0) is 44.0 Å². The van der Waals surface area contributed by atoms with Crippen molar-refractivity contribution < 1.29 is 13.2 Å². The maximum Gasteiger partial charge on any atom is 0.244 e. The SMILES string of the molecule is Cc1cc(C)c(NC(=O)CN(C)S(=O)(=O)c2cccc(Cl)c2Cl)c(C)c1. The molecule has 0 saturated carbocycles. The smallest absolute Gasteiger partial charge is 0.244 e. The molecule has 0 bridgehead atoms. The predicted octanol–water partition coefficient (Wildman–Crippen LogP) is 4.18. The third-order valence-electron chi connectivity index (χ3n) is 3.91. The van der Waals surface area contributed by atoms with E-state index >= 15 is 0 Å². The van der Waals surface area contributed by atoms with Crippen molar-refractivity contribution in [2.45, 2.75) is 25.7 Å². The van der Waals surface area contributed by atoms with E-state index in [1.807, 2.05) is 32.9 Å². The fourth-order valence-electron chi connectivity index (χ4n) is 2.69. The molecule has 0 heterocycles. The Morgan fingerprint density at radius 1 is 1.12 bits per heavy atom. The Morgan fingerprint density at radius 2 is 1.69 bits per heavy atom. The molecule has 1 N–H and O–H groups in total. The molecule has 0 aliphatic carbocycles. The van der Waals surface area contributed by atoms with E-state index in [-0.39, 0.29) is 21.5 Å². The Hall–Kier alpha value is -1.60. The molecule has 0 spiro atoms. The lowest BCUT2D eigenvalue weighted by Gasteiger charge is -2.19. The largest absolute Gasteiger partial charge is 0.324 e. The van der Waals surface area contributed by atoms with Gasteiger partial charge in [-0.25, -0.2) is 8.42 Å². The molecule has 0 saturated heterocycles. The van der Waals surface area contributed by atoms with Crippen molar-refractivity contribution in [3.8, 4) is 0 Å². The Morgan fingerprint density at radius 3 is 2.27 bits per heavy atom. The second kappa shape index (κ2) is 7.96. The van der Waals surface area contributed by atoms with Crippen LogP contribution in [0.4, 0.5) is 5.69 Å². The molecule has 0 aromatic heterocycles. The molecule has 2 aromatic rings. The topological polar surface area (TPSA) is 66.5 Å². The number of likely N-dealkylation sites (N-methyl/N-ethyl adjacent to an activating group) is 1. The second-order valence-corrected chi connectivity index (χ2v) is 8.93. The Labute approximate surface area is 164 Å². The van der Waals surface area contributed by atoms with Crippen molar-refractivity contribution >= 4 is 44.8 Å². The van der Waals surface area contributed by atoms with Crippen molar-refractivity contribution in [1.82, 2.24) is 4.31 Å². The van der Waals surface area contributed by atoms with Gasteiger partial charge in [0.25, 0.3) is 0 Å². The number of carbonyl (C=O) groups is 1. The van der Waals surface area contributed by atoms with E-state index in [2.05, 4.69) is 5.32 Å². The number of rotatable bonds is 5. The van der Waals surface area contributed by atoms with Gasteiger partial charge in [0, 0.05) is 12.7 Å². The summed E-state index contributed by atoms with van der Waals surface area (Å²) < 4.78 is 26.3. The number of hydrogen-bond donors (Lipinski definition) is 1. The number of halogens is 2. The number of sulfonamides is 1. The summed E-state index contributed by atoms with van der Waals surface area (Å²) >= 11 is 11.9. The van der Waals surface area contributed by atoms with Crippen LogP contribution in [0, 0.1) is 20.8 Å². The van der Waals surface area contributed by atoms with Crippen molar-refractivity contribution in [3.05, 3.63) is 57.1 Å². The summed E-state index contributed by atoms with van der Waals surface area (Å²) in [5.74, 6) is -0.440. The summed E-state index contributed by atoms with van der Waals surface area (Å²) in [6.07, 6.45) is 0. The molecule has 2 rings (SSSR count). The van der Waals surface area contributed by atoms with E-state index in [1.165, 1.54) is 25.2 Å². The minimum absolute atomic E-state index is 0.0633. The molecular weight excluding hydrogens is 395 g/mol. The standard InChI is InChI=1S/C18H20Cl2N2O3S/c1-11-8-12(2)18(13(3)9-11)21-16(23)10-22(4)26(24,25)15-7-5-6-14(19)17(15)20/h5-9H,10H2,1-4H3,(H,21,23). The van der Waals surface area contributed by atoms with Crippen LogP contribution >= 0.6 is 23.2 Å². The maximum absolute atomic E-state index is 12.7. The average Bonchev–Trinajstić information content (AvgIpc) is 2.53. The van der Waals surface area contributed by atoms with Crippen LogP contribution in [-0.2, 0) is 14.8 Å². The zero-order chi connectivity index (χ0) is 19.6. The van der Waals surface area contributed by atoms with E-state index < -0.39 is 15.9 Å². The van der Waals surface area contributed by atoms with E-state index in [0.29, 0.717) is 5.69 Å². The van der Waals surface area contributed by atoms with Crippen molar-refractivity contribution in [2.24, 2.45) is 0 Å². The van der Waals surface area contributed by atoms with Crippen LogP contribution in [0.5, 0.6) is 0 Å². The molecular formula is C18H20Cl2N2O3S. The second-order valence-electron chi connectivity index (χ2n) is 6.13. The number of benzene rings is 2. The molecule has 5 nitrogen and oxygen atoms in total. The average molecular weight is 415 g/mol. The molecule has 0 radical (unpaired) electrons. The first-order valence-electron chi connectivity index (χ1n) is 7.82. The van der Waals surface area contributed by atoms with Gasteiger partial charge in [-0.15, -0.1) is 0 Å². The molecule has 0 fully saturated rings. The summed E-state index contributed by atoms with van der Waals surface area (Å²) in [4.78, 5) is 12.2. The van der Waals surface area contributed by atoms with Crippen LogP contribution in [0.3, 0.4) is 0 Å². The van der Waals surface area contributed by atoms with Gasteiger partial charge in [-0.2, -0.15) is 4.31 Å². The first-order valence-corrected chi connectivity index (χ1v) is 10.0. The molecule has 0 aliphatic rings. The summed E-state index contributed by atoms with van der Waals surface area (Å²) in [6, 6.07) is 8.25. The normalized spacial score (nSPS) is 11.7. The van der Waals surface area contributed by atoms with Crippen LogP contribution in [0.1, 0.15) is 16.7 Å². The Kier molecular flexibility index (Phi) is 6.34. The van der Waals surface area contributed by atoms with Gasteiger partial charge in [0.15, 0.2) is 0 Å². The van der Waals surface area contributed by atoms with Gasteiger partial charge >= 0.3 is 0 Å². The zero-order valence-electron chi connectivity index (χ0n) is 14.9. The maximum atomic E-state index is 12.7. The lowest BCUT2D eigenvalue weighted by molar-refractivity contribution is -0.116. The summed E-state index contributed by atoms with van der Waals surface area (Å²) in [5, 5.41) is 2.85. The molecule has 1 amide bonds. The quantitative estimate of drug-likeness (QED) is 0.797. The number of hydrogen-bond acceptors (Lipinski definition) is 3. The van der Waals surface area contributed by atoms with Crippen molar-refractivity contribution in [3.63, 3.8) is 0 Å². The highest BCUT2D eigenvalue weighted by Gasteiger charge is 2.26. The van der Waals surface area contributed by atoms with E-state index in [0.717, 1.165) is 21.0 Å². The van der Waals surface area contributed by atoms with E-state index in [4.69, 9.17) is 23.2 Å². The van der Waals surface area contributed by atoms with Gasteiger partial charge in [0.05, 0.1) is 16.6 Å². The van der Waals surface area contributed by atoms with Crippen LogP contribution in [-0.4, -0.2) is 32.2 Å². The molecule has 0 unspecified atom stereocenters. The summed E-state index contributed by atoms with van der Waals surface area (Å²) in [5.41, 5.74) is 3.61. The minimum atomic E-state index is -3.95. The van der Waals surface area contributed by atoms with Crippen LogP contribution in [0.15, 0.2) is 35.2 Å². The van der Waals surface area contributed by atoms with Gasteiger partial charge in [0.2, 0.25) is 15.9 Å². The summed E-state index contributed by atoms with van der Waals surface area (Å²) in [7, 11) is -2.63. The number of nitrogens with zero attached hydrogens (tertiary/aromatic N) is 1. The van der Waals surface area contributed by atoms with Gasteiger partial charge in [0.1, 0.15) is 4.90 Å².